The van der Waals surface area contributed by atoms with Crippen LogP contribution in [0.2, 0.25) is 0 Å². The number of primary sulfonamides is 1. The summed E-state index contributed by atoms with van der Waals surface area (Å²) in [6.07, 6.45) is 5.33. The number of nitrogens with one attached hydrogen (secondary N) is 1. The molecule has 1 aromatic carbocycles. The van der Waals surface area contributed by atoms with Crippen LogP contribution in [0.4, 0.5) is 0 Å². The highest BCUT2D eigenvalue weighted by Gasteiger charge is 2.25. The maximum atomic E-state index is 13.0. The first kappa shape index (κ1) is 29.4. The second kappa shape index (κ2) is 14.6. The molecule has 0 atom stereocenters. The molecule has 3 N–H and O–H groups in total. The number of hydrogen-bond donors (Lipinski definition) is 2. The van der Waals surface area contributed by atoms with Crippen LogP contribution in [0.5, 0.6) is 5.75 Å². The maximum Gasteiger partial charge on any atom is 0.247 e. The van der Waals surface area contributed by atoms with Gasteiger partial charge in [0.15, 0.2) is 5.76 Å². The number of unbranched alkanes of at least 4 members (excludes halogenated alkanes) is 2. The molecule has 2 rings (SSSR count). The number of nitrogens with two attached hydrogens (primary N) is 1. The third-order valence-electron chi connectivity index (χ3n) is 5.41. The summed E-state index contributed by atoms with van der Waals surface area (Å²) in [6, 6.07) is 12.7. The normalized spacial score (nSPS) is 12.6. The monoisotopic (exact) mass is 531 g/mol. The van der Waals surface area contributed by atoms with Gasteiger partial charge in [0.2, 0.25) is 15.9 Å². The van der Waals surface area contributed by atoms with E-state index in [0.717, 1.165) is 30.6 Å². The van der Waals surface area contributed by atoms with Gasteiger partial charge in [-0.25, -0.2) is 13.6 Å². The topological polar surface area (TPSA) is 102 Å². The lowest BCUT2D eigenvalue weighted by Gasteiger charge is -2.29. The van der Waals surface area contributed by atoms with Gasteiger partial charge in [-0.1, -0.05) is 57.5 Å². The predicted octanol–water partition coefficient (Wildman–Crippen LogP) is 5.31. The van der Waals surface area contributed by atoms with Crippen molar-refractivity contribution in [3.8, 4) is 5.75 Å². The Morgan fingerprint density at radius 2 is 1.75 bits per heavy atom. The zero-order chi connectivity index (χ0) is 26.6. The van der Waals surface area contributed by atoms with Crippen LogP contribution in [-0.2, 0) is 21.4 Å². The summed E-state index contributed by atoms with van der Waals surface area (Å²) in [7, 11) is -4.17. The molecule has 0 bridgehead atoms. The SMILES string of the molecule is C=C(C(Oc1ccccc1)=C(C=C(C)C(=O)NCc1cccs1)N(CCCC)CCCC)S(N)(=O)=O. The number of rotatable bonds is 15. The van der Waals surface area contributed by atoms with Crippen LogP contribution >= 0.6 is 11.3 Å². The lowest BCUT2D eigenvalue weighted by atomic mass is 10.1. The van der Waals surface area contributed by atoms with Crippen LogP contribution in [-0.4, -0.2) is 32.3 Å². The number of benzene rings is 1. The number of hydrogen-bond acceptors (Lipinski definition) is 6. The summed E-state index contributed by atoms with van der Waals surface area (Å²) in [5, 5.41) is 10.4. The van der Waals surface area contributed by atoms with Gasteiger partial charge in [0.1, 0.15) is 10.7 Å². The number of thiophene rings is 1. The second-order valence-corrected chi connectivity index (χ2v) is 11.0. The molecule has 36 heavy (non-hydrogen) atoms. The third-order valence-corrected chi connectivity index (χ3v) is 7.16. The number of allylic oxidation sites excluding steroid dienone is 1. The van der Waals surface area contributed by atoms with Crippen LogP contribution in [0.3, 0.4) is 0 Å². The second-order valence-electron chi connectivity index (χ2n) is 8.38. The van der Waals surface area contributed by atoms with Crippen molar-refractivity contribution in [2.24, 2.45) is 5.14 Å². The van der Waals surface area contributed by atoms with Gasteiger partial charge in [-0.15, -0.1) is 11.3 Å². The highest BCUT2D eigenvalue weighted by atomic mass is 32.2. The van der Waals surface area contributed by atoms with Crippen molar-refractivity contribution >= 4 is 27.3 Å². The predicted molar refractivity (Wildman–Crippen MR) is 148 cm³/mol. The molecule has 7 nitrogen and oxygen atoms in total. The first-order chi connectivity index (χ1) is 17.2. The van der Waals surface area contributed by atoms with Crippen LogP contribution in [0.1, 0.15) is 51.3 Å². The van der Waals surface area contributed by atoms with E-state index in [4.69, 9.17) is 9.88 Å². The summed E-state index contributed by atoms with van der Waals surface area (Å²) >= 11 is 1.56. The van der Waals surface area contributed by atoms with E-state index in [2.05, 4.69) is 30.6 Å². The smallest absolute Gasteiger partial charge is 0.247 e. The van der Waals surface area contributed by atoms with Gasteiger partial charge in [-0.2, -0.15) is 0 Å². The standard InChI is InChI=1S/C27H37N3O4S2/c1-5-7-16-30(17-8-6-2)25(19-21(3)27(31)29-20-24-15-12-18-35-24)26(22(4)36(28,32)33)34-23-13-10-9-11-14-23/h9-15,18-19H,4-8,16-17,20H2,1-3H3,(H,29,31)(H2,28,32,33). The Morgan fingerprint density at radius 3 is 2.28 bits per heavy atom. The highest BCUT2D eigenvalue weighted by Crippen LogP contribution is 2.27. The minimum Gasteiger partial charge on any atom is -0.454 e. The number of sulfonamides is 1. The summed E-state index contributed by atoms with van der Waals surface area (Å²) in [5.74, 6) is 0.197. The van der Waals surface area contributed by atoms with Crippen molar-refractivity contribution in [1.29, 1.82) is 0 Å². The summed E-state index contributed by atoms with van der Waals surface area (Å²) in [6.45, 7) is 11.4. The fraction of sp³-hybridized carbons (Fsp3) is 0.370. The van der Waals surface area contributed by atoms with E-state index in [1.165, 1.54) is 0 Å². The molecule has 0 aliphatic heterocycles. The zero-order valence-electron chi connectivity index (χ0n) is 21.3. The Kier molecular flexibility index (Phi) is 11.9. The Hall–Kier alpha value is -2.88. The molecule has 0 spiro atoms. The number of nitrogens with zero attached hydrogens (tertiary/aromatic N) is 1. The number of carbonyl (C=O) groups excluding carboxylic acids is 1. The Morgan fingerprint density at radius 1 is 1.11 bits per heavy atom. The average Bonchev–Trinajstić information content (AvgIpc) is 3.38. The van der Waals surface area contributed by atoms with Gasteiger partial charge in [0.05, 0.1) is 12.2 Å². The Bertz CT molecular complexity index is 1150. The molecule has 1 heterocycles. The van der Waals surface area contributed by atoms with E-state index in [1.54, 1.807) is 48.6 Å². The quantitative estimate of drug-likeness (QED) is 0.184. The largest absolute Gasteiger partial charge is 0.454 e. The molecular formula is C27H37N3O4S2. The molecule has 0 aliphatic rings. The Labute approximate surface area is 219 Å². The molecule has 0 saturated heterocycles. The molecule has 2 aromatic rings. The lowest BCUT2D eigenvalue weighted by molar-refractivity contribution is -0.117. The third kappa shape index (κ3) is 9.29. The van der Waals surface area contributed by atoms with Gasteiger partial charge in [-0.05, 0) is 49.4 Å². The van der Waals surface area contributed by atoms with E-state index in [0.29, 0.717) is 36.7 Å². The van der Waals surface area contributed by atoms with Crippen molar-refractivity contribution in [3.63, 3.8) is 0 Å². The van der Waals surface area contributed by atoms with Crippen molar-refractivity contribution in [2.45, 2.75) is 53.0 Å². The zero-order valence-corrected chi connectivity index (χ0v) is 23.0. The van der Waals surface area contributed by atoms with Crippen molar-refractivity contribution in [2.75, 3.05) is 13.1 Å². The Balaban J connectivity index is 2.61. The molecule has 1 aromatic heterocycles. The van der Waals surface area contributed by atoms with E-state index >= 15 is 0 Å². The number of ether oxygens (including phenoxy) is 1. The van der Waals surface area contributed by atoms with E-state index in [-0.39, 0.29) is 16.6 Å². The molecule has 0 unspecified atom stereocenters. The molecule has 1 amide bonds. The van der Waals surface area contributed by atoms with Crippen LogP contribution in [0, 0.1) is 0 Å². The average molecular weight is 532 g/mol. The molecule has 0 saturated carbocycles. The van der Waals surface area contributed by atoms with E-state index < -0.39 is 10.0 Å². The minimum atomic E-state index is -4.17. The van der Waals surface area contributed by atoms with Crippen molar-refractivity contribution in [1.82, 2.24) is 10.2 Å². The van der Waals surface area contributed by atoms with Crippen LogP contribution in [0.15, 0.2) is 82.4 Å². The molecule has 0 radical (unpaired) electrons. The van der Waals surface area contributed by atoms with E-state index in [9.17, 15) is 13.2 Å². The van der Waals surface area contributed by atoms with Gasteiger partial charge in [-0.3, -0.25) is 4.79 Å². The molecule has 0 fully saturated rings. The number of para-hydroxylation sites is 1. The highest BCUT2D eigenvalue weighted by molar-refractivity contribution is 7.93. The van der Waals surface area contributed by atoms with Crippen LogP contribution in [0.25, 0.3) is 0 Å². The summed E-state index contributed by atoms with van der Waals surface area (Å²) in [4.78, 5) is 15.7. The number of carbonyl (C=O) groups is 1. The molecular weight excluding hydrogens is 494 g/mol. The number of amides is 1. The first-order valence-electron chi connectivity index (χ1n) is 12.1. The molecule has 196 valence electrons. The fourth-order valence-electron chi connectivity index (χ4n) is 3.33. The molecule has 0 aliphatic carbocycles. The summed E-state index contributed by atoms with van der Waals surface area (Å²) in [5.41, 5.74) is 0.875. The molecule has 9 heteroatoms. The lowest BCUT2D eigenvalue weighted by Crippen LogP contribution is -2.30. The maximum absolute atomic E-state index is 13.0. The van der Waals surface area contributed by atoms with Crippen molar-refractivity contribution < 1.29 is 17.9 Å². The van der Waals surface area contributed by atoms with Crippen LogP contribution < -0.4 is 15.2 Å². The van der Waals surface area contributed by atoms with Crippen molar-refractivity contribution in [3.05, 3.63) is 87.3 Å². The van der Waals surface area contributed by atoms with Gasteiger partial charge >= 0.3 is 0 Å². The van der Waals surface area contributed by atoms with Gasteiger partial charge in [0.25, 0.3) is 0 Å². The van der Waals surface area contributed by atoms with E-state index in [1.807, 2.05) is 23.6 Å². The first-order valence-corrected chi connectivity index (χ1v) is 14.5. The fourth-order valence-corrected chi connectivity index (χ4v) is 4.38. The minimum absolute atomic E-state index is 0.0151. The summed E-state index contributed by atoms with van der Waals surface area (Å²) < 4.78 is 30.9. The van der Waals surface area contributed by atoms with Gasteiger partial charge in [0, 0.05) is 23.5 Å². The van der Waals surface area contributed by atoms with Gasteiger partial charge < -0.3 is 15.0 Å².